The number of Topliss-reactive ketones (excluding diaryl/α,β-unsaturated/α-hetero) is 1. The van der Waals surface area contributed by atoms with Crippen LogP contribution in [0.25, 0.3) is 16.7 Å². The van der Waals surface area contributed by atoms with Gasteiger partial charge >= 0.3 is 0 Å². The van der Waals surface area contributed by atoms with Crippen LogP contribution < -0.4 is 4.74 Å². The summed E-state index contributed by atoms with van der Waals surface area (Å²) in [6, 6.07) is 17.7. The third kappa shape index (κ3) is 3.81. The first-order valence-electron chi connectivity index (χ1n) is 12.2. The molecule has 37 heavy (non-hydrogen) atoms. The average Bonchev–Trinajstić information content (AvgIpc) is 3.49. The first-order chi connectivity index (χ1) is 17.9. The van der Waals surface area contributed by atoms with E-state index in [0.29, 0.717) is 52.5 Å². The predicted molar refractivity (Wildman–Crippen MR) is 138 cm³/mol. The van der Waals surface area contributed by atoms with Gasteiger partial charge in [-0.25, -0.2) is 19.5 Å². The summed E-state index contributed by atoms with van der Waals surface area (Å²) >= 11 is 1.44. The lowest BCUT2D eigenvalue weighted by molar-refractivity contribution is -0.118. The van der Waals surface area contributed by atoms with Gasteiger partial charge in [-0.15, -0.1) is 5.10 Å². The van der Waals surface area contributed by atoms with Crippen molar-refractivity contribution < 1.29 is 13.9 Å². The number of aromatic nitrogens is 5. The van der Waals surface area contributed by atoms with Crippen molar-refractivity contribution in [1.29, 1.82) is 0 Å². The monoisotopic (exact) mass is 509 g/mol. The summed E-state index contributed by atoms with van der Waals surface area (Å²) in [5.41, 5.74) is 4.52. The van der Waals surface area contributed by atoms with Crippen molar-refractivity contribution in [3.05, 3.63) is 89.2 Å². The number of rotatable bonds is 4. The molecule has 1 atom stereocenters. The van der Waals surface area contributed by atoms with Crippen LogP contribution in [0.3, 0.4) is 0 Å². The number of hydrogen-bond donors (Lipinski definition) is 0. The molecule has 0 radical (unpaired) electrons. The fourth-order valence-corrected chi connectivity index (χ4v) is 5.96. The third-order valence-electron chi connectivity index (χ3n) is 6.84. The van der Waals surface area contributed by atoms with Crippen LogP contribution in [0.15, 0.2) is 81.9 Å². The van der Waals surface area contributed by atoms with Crippen LogP contribution in [0.2, 0.25) is 0 Å². The summed E-state index contributed by atoms with van der Waals surface area (Å²) in [4.78, 5) is 27.5. The normalized spacial score (nSPS) is 18.6. The van der Waals surface area contributed by atoms with Crippen LogP contribution >= 0.6 is 11.8 Å². The molecule has 184 valence electrons. The Kier molecular flexibility index (Phi) is 4.97. The van der Waals surface area contributed by atoms with Crippen molar-refractivity contribution >= 4 is 34.3 Å². The Morgan fingerprint density at radius 2 is 1.86 bits per heavy atom. The van der Waals surface area contributed by atoms with Crippen LogP contribution in [0, 0.1) is 5.41 Å². The smallest absolute Gasteiger partial charge is 0.257 e. The molecule has 3 aromatic heterocycles. The number of allylic oxidation sites excluding steroid dienone is 2. The molecule has 0 saturated heterocycles. The number of ketones is 1. The van der Waals surface area contributed by atoms with Gasteiger partial charge in [-0.3, -0.25) is 4.79 Å². The van der Waals surface area contributed by atoms with E-state index >= 15 is 0 Å². The number of oxazole rings is 1. The Balaban J connectivity index is 1.30. The van der Waals surface area contributed by atoms with Gasteiger partial charge in [0, 0.05) is 24.3 Å². The fraction of sp³-hybridized carbons (Fsp3) is 0.250. The molecule has 0 bridgehead atoms. The molecule has 5 aromatic rings. The van der Waals surface area contributed by atoms with E-state index in [1.54, 1.807) is 10.8 Å². The van der Waals surface area contributed by atoms with E-state index < -0.39 is 0 Å². The highest BCUT2D eigenvalue weighted by molar-refractivity contribution is 7.98. The first-order valence-corrected chi connectivity index (χ1v) is 13.2. The van der Waals surface area contributed by atoms with Gasteiger partial charge in [0.1, 0.15) is 17.6 Å². The number of benzene rings is 2. The summed E-state index contributed by atoms with van der Waals surface area (Å²) in [6.07, 6.45) is 2.78. The van der Waals surface area contributed by atoms with E-state index in [4.69, 9.17) is 14.1 Å². The zero-order valence-corrected chi connectivity index (χ0v) is 21.2. The van der Waals surface area contributed by atoms with E-state index in [9.17, 15) is 4.79 Å². The van der Waals surface area contributed by atoms with E-state index in [0.717, 1.165) is 22.2 Å². The molecule has 7 rings (SSSR count). The molecule has 0 unspecified atom stereocenters. The first kappa shape index (κ1) is 22.2. The van der Waals surface area contributed by atoms with Crippen molar-refractivity contribution in [3.8, 4) is 5.88 Å². The van der Waals surface area contributed by atoms with E-state index in [1.165, 1.54) is 11.8 Å². The molecule has 2 aromatic carbocycles. The van der Waals surface area contributed by atoms with Crippen molar-refractivity contribution in [2.45, 2.75) is 43.6 Å². The molecule has 0 saturated carbocycles. The molecular weight excluding hydrogens is 486 g/mol. The highest BCUT2D eigenvalue weighted by Crippen LogP contribution is 2.50. The number of carbonyl (C=O) groups excluding carboxylic acids is 1. The molecule has 9 heteroatoms. The van der Waals surface area contributed by atoms with E-state index in [-0.39, 0.29) is 17.1 Å². The summed E-state index contributed by atoms with van der Waals surface area (Å²) in [5.74, 6) is 2.08. The summed E-state index contributed by atoms with van der Waals surface area (Å²) in [7, 11) is 0. The standard InChI is InChI=1S/C28H23N5O3S/c1-28(2)12-18(34)23-20(13-28)35-26-24(22(23)16-8-4-3-5-9-16)25-31-21(32-33(25)15-29-26)14-37-27-30-17-10-6-7-11-19(17)36-27/h3-11,15,22H,12-14H2,1-2H3/t22-/m1/s1. The Morgan fingerprint density at radius 3 is 2.70 bits per heavy atom. The summed E-state index contributed by atoms with van der Waals surface area (Å²) < 4.78 is 13.8. The molecule has 1 aliphatic carbocycles. The third-order valence-corrected chi connectivity index (χ3v) is 7.66. The number of ether oxygens (including phenoxy) is 1. The average molecular weight is 510 g/mol. The van der Waals surface area contributed by atoms with Crippen molar-refractivity contribution in [2.24, 2.45) is 5.41 Å². The minimum Gasteiger partial charge on any atom is -0.442 e. The molecule has 1 aliphatic heterocycles. The lowest BCUT2D eigenvalue weighted by Crippen LogP contribution is -2.33. The van der Waals surface area contributed by atoms with Crippen LogP contribution in [0.1, 0.15) is 49.6 Å². The highest BCUT2D eigenvalue weighted by atomic mass is 32.2. The molecule has 0 spiro atoms. The maximum absolute atomic E-state index is 13.5. The van der Waals surface area contributed by atoms with Crippen molar-refractivity contribution in [1.82, 2.24) is 24.6 Å². The minimum atomic E-state index is -0.318. The Bertz CT molecular complexity index is 1690. The minimum absolute atomic E-state index is 0.110. The Labute approximate surface area is 216 Å². The molecule has 0 N–H and O–H groups in total. The van der Waals surface area contributed by atoms with Crippen LogP contribution in [0.5, 0.6) is 5.88 Å². The second-order valence-electron chi connectivity index (χ2n) is 10.2. The maximum atomic E-state index is 13.5. The molecule has 0 amide bonds. The number of thioether (sulfide) groups is 1. The largest absolute Gasteiger partial charge is 0.442 e. The van der Waals surface area contributed by atoms with Gasteiger partial charge in [0.15, 0.2) is 22.8 Å². The molecule has 8 nitrogen and oxygen atoms in total. The lowest BCUT2D eigenvalue weighted by atomic mass is 9.70. The van der Waals surface area contributed by atoms with Crippen molar-refractivity contribution in [2.75, 3.05) is 0 Å². The number of para-hydroxylation sites is 2. The Hall–Kier alpha value is -3.98. The number of nitrogens with zero attached hydrogens (tertiary/aromatic N) is 5. The highest BCUT2D eigenvalue weighted by Gasteiger charge is 2.43. The quantitative estimate of drug-likeness (QED) is 0.284. The van der Waals surface area contributed by atoms with Gasteiger partial charge in [0.05, 0.1) is 11.3 Å². The second kappa shape index (κ2) is 8.27. The number of hydrogen-bond acceptors (Lipinski definition) is 8. The van der Waals surface area contributed by atoms with E-state index in [2.05, 4.69) is 28.9 Å². The lowest BCUT2D eigenvalue weighted by Gasteiger charge is -2.37. The van der Waals surface area contributed by atoms with Gasteiger partial charge in [-0.2, -0.15) is 0 Å². The van der Waals surface area contributed by atoms with Crippen LogP contribution in [0.4, 0.5) is 0 Å². The second-order valence-corrected chi connectivity index (χ2v) is 11.1. The molecular formula is C28H23N5O3S. The zero-order chi connectivity index (χ0) is 25.1. The van der Waals surface area contributed by atoms with Crippen LogP contribution in [-0.4, -0.2) is 30.3 Å². The fourth-order valence-electron chi connectivity index (χ4n) is 5.27. The Morgan fingerprint density at radius 1 is 1.05 bits per heavy atom. The predicted octanol–water partition coefficient (Wildman–Crippen LogP) is 5.73. The SMILES string of the molecule is CC1(C)CC(=O)C2=C(C1)Oc1ncn3nc(CSc4nc5ccccc5o4)nc3c1[C@@H]2c1ccccc1. The summed E-state index contributed by atoms with van der Waals surface area (Å²) in [6.45, 7) is 4.20. The number of carbonyl (C=O) groups is 1. The summed E-state index contributed by atoms with van der Waals surface area (Å²) in [5, 5.41) is 5.23. The maximum Gasteiger partial charge on any atom is 0.257 e. The number of fused-ring (bicyclic) bond motifs is 4. The molecule has 4 heterocycles. The van der Waals surface area contributed by atoms with E-state index in [1.807, 2.05) is 54.6 Å². The topological polar surface area (TPSA) is 95.4 Å². The van der Waals surface area contributed by atoms with Crippen LogP contribution in [-0.2, 0) is 10.5 Å². The van der Waals surface area contributed by atoms with Gasteiger partial charge in [0.2, 0.25) is 5.88 Å². The molecule has 0 fully saturated rings. The van der Waals surface area contributed by atoms with Gasteiger partial charge in [-0.1, -0.05) is 68.1 Å². The zero-order valence-electron chi connectivity index (χ0n) is 20.3. The van der Waals surface area contributed by atoms with Gasteiger partial charge in [0.25, 0.3) is 5.22 Å². The van der Waals surface area contributed by atoms with Gasteiger partial charge < -0.3 is 9.15 Å². The molecule has 2 aliphatic rings. The van der Waals surface area contributed by atoms with Crippen molar-refractivity contribution in [3.63, 3.8) is 0 Å². The van der Waals surface area contributed by atoms with Gasteiger partial charge in [-0.05, 0) is 23.1 Å².